The number of hydrogen-bond acceptors (Lipinski definition) is 3. The summed E-state index contributed by atoms with van der Waals surface area (Å²) in [5, 5.41) is 9.12. The Balaban J connectivity index is 1.92. The van der Waals surface area contributed by atoms with Gasteiger partial charge in [-0.3, -0.25) is 9.59 Å². The number of carboxylic acid groups (broad SMARTS) is 1. The van der Waals surface area contributed by atoms with E-state index >= 15 is 0 Å². The molecule has 1 amide bonds. The minimum atomic E-state index is -0.834. The number of benzene rings is 1. The van der Waals surface area contributed by atoms with Gasteiger partial charge in [0.1, 0.15) is 5.75 Å². The van der Waals surface area contributed by atoms with Crippen molar-refractivity contribution < 1.29 is 19.4 Å². The predicted octanol–water partition coefficient (Wildman–Crippen LogP) is 1.94. The number of piperidine rings is 1. The van der Waals surface area contributed by atoms with Gasteiger partial charge < -0.3 is 14.7 Å². The Bertz CT molecular complexity index is 529. The Morgan fingerprint density at radius 1 is 1.38 bits per heavy atom. The van der Waals surface area contributed by atoms with E-state index in [0.29, 0.717) is 18.7 Å². The third kappa shape index (κ3) is 4.21. The Morgan fingerprint density at radius 3 is 2.81 bits per heavy atom. The first-order valence-electron chi connectivity index (χ1n) is 7.15. The summed E-state index contributed by atoms with van der Waals surface area (Å²) >= 11 is 0. The lowest BCUT2D eigenvalue weighted by atomic mass is 9.90. The van der Waals surface area contributed by atoms with E-state index in [2.05, 4.69) is 0 Å². The van der Waals surface area contributed by atoms with Gasteiger partial charge in [-0.2, -0.15) is 0 Å². The van der Waals surface area contributed by atoms with Gasteiger partial charge in [0.15, 0.2) is 6.61 Å². The van der Waals surface area contributed by atoms with Gasteiger partial charge in [-0.25, -0.2) is 0 Å². The smallest absolute Gasteiger partial charge is 0.308 e. The van der Waals surface area contributed by atoms with Gasteiger partial charge in [-0.15, -0.1) is 0 Å². The molecular weight excluding hydrogens is 270 g/mol. The van der Waals surface area contributed by atoms with Crippen LogP contribution in [0.1, 0.15) is 18.9 Å². The zero-order chi connectivity index (χ0) is 15.4. The summed E-state index contributed by atoms with van der Waals surface area (Å²) in [5.74, 6) is -0.615. The maximum Gasteiger partial charge on any atom is 0.308 e. The van der Waals surface area contributed by atoms with Gasteiger partial charge in [0.25, 0.3) is 5.91 Å². The summed E-state index contributed by atoms with van der Waals surface area (Å²) in [5.41, 5.74) is 1.07. The molecule has 1 aromatic carbocycles. The van der Waals surface area contributed by atoms with Crippen LogP contribution in [0.3, 0.4) is 0 Å². The summed E-state index contributed by atoms with van der Waals surface area (Å²) in [4.78, 5) is 24.9. The molecule has 0 aliphatic carbocycles. The zero-order valence-electron chi connectivity index (χ0n) is 12.4. The van der Waals surface area contributed by atoms with E-state index in [1.165, 1.54) is 0 Å². The highest BCUT2D eigenvalue weighted by Crippen LogP contribution is 2.22. The minimum absolute atomic E-state index is 0.0531. The van der Waals surface area contributed by atoms with E-state index in [9.17, 15) is 9.59 Å². The highest BCUT2D eigenvalue weighted by atomic mass is 16.5. The molecule has 0 spiro atoms. The molecule has 1 N–H and O–H groups in total. The number of aryl methyl sites for hydroxylation is 1. The Hall–Kier alpha value is -2.04. The molecule has 21 heavy (non-hydrogen) atoms. The molecule has 2 atom stereocenters. The number of ether oxygens (including phenoxy) is 1. The number of carbonyl (C=O) groups excluding carboxylic acids is 1. The molecular formula is C16H21NO4. The molecule has 1 saturated heterocycles. The second kappa shape index (κ2) is 6.61. The third-order valence-electron chi connectivity index (χ3n) is 3.71. The second-order valence-corrected chi connectivity index (χ2v) is 5.78. The van der Waals surface area contributed by atoms with Gasteiger partial charge in [-0.1, -0.05) is 19.1 Å². The first kappa shape index (κ1) is 15.4. The van der Waals surface area contributed by atoms with Crippen molar-refractivity contribution in [1.29, 1.82) is 0 Å². The van der Waals surface area contributed by atoms with Gasteiger partial charge >= 0.3 is 5.97 Å². The van der Waals surface area contributed by atoms with Crippen LogP contribution in [0.25, 0.3) is 0 Å². The van der Waals surface area contributed by atoms with Gasteiger partial charge in [-0.05, 0) is 37.0 Å². The molecule has 2 rings (SSSR count). The van der Waals surface area contributed by atoms with E-state index in [4.69, 9.17) is 9.84 Å². The number of likely N-dealkylation sites (tertiary alicyclic amines) is 1. The van der Waals surface area contributed by atoms with E-state index in [1.54, 1.807) is 11.0 Å². The van der Waals surface area contributed by atoms with E-state index in [1.807, 2.05) is 32.0 Å². The van der Waals surface area contributed by atoms with Crippen LogP contribution in [0.5, 0.6) is 5.75 Å². The molecule has 0 radical (unpaired) electrons. The fraction of sp³-hybridized carbons (Fsp3) is 0.500. The lowest BCUT2D eigenvalue weighted by Gasteiger charge is -2.34. The Morgan fingerprint density at radius 2 is 2.14 bits per heavy atom. The van der Waals surface area contributed by atoms with Crippen molar-refractivity contribution in [2.24, 2.45) is 11.8 Å². The number of nitrogens with zero attached hydrogens (tertiary/aromatic N) is 1. The largest absolute Gasteiger partial charge is 0.484 e. The number of carboxylic acids is 1. The highest BCUT2D eigenvalue weighted by molar-refractivity contribution is 5.79. The molecule has 1 aliphatic heterocycles. The van der Waals surface area contributed by atoms with Crippen molar-refractivity contribution >= 4 is 11.9 Å². The van der Waals surface area contributed by atoms with Crippen LogP contribution in [0.4, 0.5) is 0 Å². The molecule has 1 aliphatic rings. The SMILES string of the molecule is Cc1cccc(OCC(=O)N2CC(C)CC(C(=O)O)C2)c1. The third-order valence-corrected chi connectivity index (χ3v) is 3.71. The molecule has 0 aromatic heterocycles. The van der Waals surface area contributed by atoms with Crippen molar-refractivity contribution in [2.75, 3.05) is 19.7 Å². The molecule has 0 bridgehead atoms. The van der Waals surface area contributed by atoms with Crippen LogP contribution in [0, 0.1) is 18.8 Å². The number of aliphatic carboxylic acids is 1. The van der Waals surface area contributed by atoms with Crippen LogP contribution < -0.4 is 4.74 Å². The van der Waals surface area contributed by atoms with Crippen molar-refractivity contribution in [3.63, 3.8) is 0 Å². The quantitative estimate of drug-likeness (QED) is 0.920. The molecule has 0 saturated carbocycles. The number of carbonyl (C=O) groups is 2. The van der Waals surface area contributed by atoms with Gasteiger partial charge in [0.2, 0.25) is 0 Å². The molecule has 5 nitrogen and oxygen atoms in total. The normalized spacial score (nSPS) is 21.9. The van der Waals surface area contributed by atoms with Crippen molar-refractivity contribution in [3.05, 3.63) is 29.8 Å². The van der Waals surface area contributed by atoms with Crippen LogP contribution in [0.15, 0.2) is 24.3 Å². The first-order valence-corrected chi connectivity index (χ1v) is 7.15. The van der Waals surface area contributed by atoms with Crippen molar-refractivity contribution in [2.45, 2.75) is 20.3 Å². The van der Waals surface area contributed by atoms with Crippen LogP contribution >= 0.6 is 0 Å². The van der Waals surface area contributed by atoms with Crippen LogP contribution in [0.2, 0.25) is 0 Å². The molecule has 5 heteroatoms. The Kier molecular flexibility index (Phi) is 4.83. The van der Waals surface area contributed by atoms with E-state index in [0.717, 1.165) is 5.56 Å². The van der Waals surface area contributed by atoms with E-state index < -0.39 is 11.9 Å². The maximum absolute atomic E-state index is 12.2. The van der Waals surface area contributed by atoms with Crippen molar-refractivity contribution in [3.8, 4) is 5.75 Å². The standard InChI is InChI=1S/C16H21NO4/c1-11-4-3-5-14(7-11)21-10-15(18)17-8-12(2)6-13(9-17)16(19)20/h3-5,7,12-13H,6,8-10H2,1-2H3,(H,19,20). The number of amides is 1. The molecule has 1 fully saturated rings. The summed E-state index contributed by atoms with van der Waals surface area (Å²) < 4.78 is 5.49. The minimum Gasteiger partial charge on any atom is -0.484 e. The number of rotatable bonds is 4. The number of hydrogen-bond donors (Lipinski definition) is 1. The summed E-state index contributed by atoms with van der Waals surface area (Å²) in [6.07, 6.45) is 0.623. The molecule has 2 unspecified atom stereocenters. The average Bonchev–Trinajstić information content (AvgIpc) is 2.44. The van der Waals surface area contributed by atoms with Gasteiger partial charge in [0.05, 0.1) is 5.92 Å². The maximum atomic E-state index is 12.2. The first-order chi connectivity index (χ1) is 9.95. The van der Waals surface area contributed by atoms with Gasteiger partial charge in [0, 0.05) is 13.1 Å². The topological polar surface area (TPSA) is 66.8 Å². The fourth-order valence-electron chi connectivity index (χ4n) is 2.68. The Labute approximate surface area is 124 Å². The molecule has 114 valence electrons. The zero-order valence-corrected chi connectivity index (χ0v) is 12.4. The average molecular weight is 291 g/mol. The predicted molar refractivity (Wildman–Crippen MR) is 78.2 cm³/mol. The molecule has 1 aromatic rings. The fourth-order valence-corrected chi connectivity index (χ4v) is 2.68. The monoisotopic (exact) mass is 291 g/mol. The summed E-state index contributed by atoms with van der Waals surface area (Å²) in [7, 11) is 0. The highest BCUT2D eigenvalue weighted by Gasteiger charge is 2.31. The second-order valence-electron chi connectivity index (χ2n) is 5.78. The van der Waals surface area contributed by atoms with Crippen molar-refractivity contribution in [1.82, 2.24) is 4.90 Å². The lowest BCUT2D eigenvalue weighted by Crippen LogP contribution is -2.47. The summed E-state index contributed by atoms with van der Waals surface area (Å²) in [6, 6.07) is 7.50. The van der Waals surface area contributed by atoms with Crippen LogP contribution in [-0.4, -0.2) is 41.6 Å². The lowest BCUT2D eigenvalue weighted by molar-refractivity contribution is -0.147. The molecule has 1 heterocycles. The summed E-state index contributed by atoms with van der Waals surface area (Å²) in [6.45, 7) is 4.74. The van der Waals surface area contributed by atoms with Crippen LogP contribution in [-0.2, 0) is 9.59 Å². The van der Waals surface area contributed by atoms with E-state index in [-0.39, 0.29) is 25.0 Å².